The van der Waals surface area contributed by atoms with Gasteiger partial charge in [-0.15, -0.1) is 0 Å². The molecule has 3 nitrogen and oxygen atoms in total. The second-order valence-electron chi connectivity index (χ2n) is 4.61. The number of hydrazine groups is 1. The van der Waals surface area contributed by atoms with Crippen molar-refractivity contribution in [2.24, 2.45) is 5.92 Å². The van der Waals surface area contributed by atoms with Crippen molar-refractivity contribution >= 4 is 0 Å². The van der Waals surface area contributed by atoms with E-state index in [2.05, 4.69) is 43.3 Å². The molecule has 84 valence electrons. The molecule has 1 fully saturated rings. The summed E-state index contributed by atoms with van der Waals surface area (Å²) in [6.07, 6.45) is 2.73. The molecule has 1 aliphatic heterocycles. The van der Waals surface area contributed by atoms with Gasteiger partial charge in [0, 0.05) is 26.7 Å². The van der Waals surface area contributed by atoms with Crippen molar-refractivity contribution < 1.29 is 0 Å². The Bertz CT molecular complexity index is 159. The lowest BCUT2D eigenvalue weighted by Crippen LogP contribution is -2.48. The zero-order chi connectivity index (χ0) is 10.6. The van der Waals surface area contributed by atoms with Gasteiger partial charge in [0.15, 0.2) is 0 Å². The third-order valence-corrected chi connectivity index (χ3v) is 3.16. The molecule has 0 aromatic heterocycles. The molecule has 2 atom stereocenters. The maximum absolute atomic E-state index is 3.46. The zero-order valence-corrected chi connectivity index (χ0v) is 10.1. The molecule has 0 spiro atoms. The topological polar surface area (TPSA) is 18.5 Å². The molecule has 0 saturated carbocycles. The van der Waals surface area contributed by atoms with Gasteiger partial charge >= 0.3 is 0 Å². The number of likely N-dealkylation sites (tertiary alicyclic amines) is 1. The van der Waals surface area contributed by atoms with Crippen LogP contribution in [0.3, 0.4) is 0 Å². The summed E-state index contributed by atoms with van der Waals surface area (Å²) in [6, 6.07) is 0.597. The lowest BCUT2D eigenvalue weighted by atomic mass is 9.92. The Morgan fingerprint density at radius 2 is 2.21 bits per heavy atom. The normalized spacial score (nSPS) is 26.8. The Kier molecular flexibility index (Phi) is 4.85. The minimum atomic E-state index is 0.597. The highest BCUT2D eigenvalue weighted by Gasteiger charge is 2.23. The Labute approximate surface area is 88.4 Å². The van der Waals surface area contributed by atoms with Gasteiger partial charge in [-0.3, -0.25) is 10.4 Å². The predicted molar refractivity (Wildman–Crippen MR) is 61.1 cm³/mol. The Morgan fingerprint density at radius 3 is 2.79 bits per heavy atom. The average Bonchev–Trinajstić information content (AvgIpc) is 2.17. The van der Waals surface area contributed by atoms with Gasteiger partial charge in [-0.2, -0.15) is 0 Å². The number of rotatable bonds is 4. The van der Waals surface area contributed by atoms with E-state index in [4.69, 9.17) is 0 Å². The smallest absolute Gasteiger partial charge is 0.0227 e. The molecule has 0 aromatic rings. The Hall–Kier alpha value is -0.120. The highest BCUT2D eigenvalue weighted by molar-refractivity contribution is 4.78. The highest BCUT2D eigenvalue weighted by atomic mass is 15.5. The van der Waals surface area contributed by atoms with Crippen molar-refractivity contribution in [1.82, 2.24) is 15.3 Å². The van der Waals surface area contributed by atoms with Gasteiger partial charge in [0.2, 0.25) is 0 Å². The van der Waals surface area contributed by atoms with Crippen molar-refractivity contribution in [2.45, 2.75) is 32.7 Å². The van der Waals surface area contributed by atoms with Crippen LogP contribution in [-0.4, -0.2) is 49.7 Å². The van der Waals surface area contributed by atoms with Crippen LogP contribution < -0.4 is 5.43 Å². The summed E-state index contributed by atoms with van der Waals surface area (Å²) in [5.41, 5.74) is 3.46. The Morgan fingerprint density at radius 1 is 1.50 bits per heavy atom. The van der Waals surface area contributed by atoms with Gasteiger partial charge in [-0.05, 0) is 38.8 Å². The fourth-order valence-electron chi connectivity index (χ4n) is 2.30. The number of piperidine rings is 1. The lowest BCUT2D eigenvalue weighted by Gasteiger charge is -2.36. The Balaban J connectivity index is 2.35. The van der Waals surface area contributed by atoms with E-state index in [0.717, 1.165) is 5.92 Å². The third-order valence-electron chi connectivity index (χ3n) is 3.16. The predicted octanol–water partition coefficient (Wildman–Crippen LogP) is 1.17. The van der Waals surface area contributed by atoms with Crippen molar-refractivity contribution in [3.63, 3.8) is 0 Å². The van der Waals surface area contributed by atoms with Crippen LogP contribution in [0, 0.1) is 5.92 Å². The molecule has 14 heavy (non-hydrogen) atoms. The lowest BCUT2D eigenvalue weighted by molar-refractivity contribution is 0.124. The van der Waals surface area contributed by atoms with E-state index >= 15 is 0 Å². The largest absolute Gasteiger partial charge is 0.303 e. The van der Waals surface area contributed by atoms with Crippen LogP contribution in [0.5, 0.6) is 0 Å². The summed E-state index contributed by atoms with van der Waals surface area (Å²) in [7, 11) is 4.13. The van der Waals surface area contributed by atoms with Crippen LogP contribution in [-0.2, 0) is 0 Å². The molecule has 2 unspecified atom stereocenters. The van der Waals surface area contributed by atoms with Crippen molar-refractivity contribution in [1.29, 1.82) is 0 Å². The van der Waals surface area contributed by atoms with Gasteiger partial charge in [-0.25, -0.2) is 0 Å². The first-order chi connectivity index (χ1) is 6.63. The van der Waals surface area contributed by atoms with E-state index in [1.54, 1.807) is 0 Å². The quantitative estimate of drug-likeness (QED) is 0.686. The second kappa shape index (κ2) is 5.69. The van der Waals surface area contributed by atoms with Crippen molar-refractivity contribution in [2.75, 3.05) is 33.7 Å². The number of nitrogens with zero attached hydrogens (tertiary/aromatic N) is 2. The van der Waals surface area contributed by atoms with Crippen LogP contribution in [0.4, 0.5) is 0 Å². The minimum absolute atomic E-state index is 0.597. The van der Waals surface area contributed by atoms with E-state index in [1.165, 1.54) is 32.5 Å². The summed E-state index contributed by atoms with van der Waals surface area (Å²) in [4.78, 5) is 2.56. The van der Waals surface area contributed by atoms with E-state index < -0.39 is 0 Å². The molecule has 1 heterocycles. The molecule has 1 rings (SSSR count). The van der Waals surface area contributed by atoms with Crippen LogP contribution in [0.1, 0.15) is 26.7 Å². The fourth-order valence-corrected chi connectivity index (χ4v) is 2.30. The van der Waals surface area contributed by atoms with Crippen molar-refractivity contribution in [3.8, 4) is 0 Å². The van der Waals surface area contributed by atoms with E-state index in [9.17, 15) is 0 Å². The van der Waals surface area contributed by atoms with Crippen LogP contribution >= 0.6 is 0 Å². The summed E-state index contributed by atoms with van der Waals surface area (Å²) in [6.45, 7) is 8.31. The summed E-state index contributed by atoms with van der Waals surface area (Å²) in [5, 5.41) is 2.07. The second-order valence-corrected chi connectivity index (χ2v) is 4.61. The standard InChI is InChI=1S/C11H25N3/c1-5-14-8-6-7-11(9-14)10(2)12-13(3)4/h10-12H,5-9H2,1-4H3. The first-order valence-corrected chi connectivity index (χ1v) is 5.79. The summed E-state index contributed by atoms with van der Waals surface area (Å²) >= 11 is 0. The van der Waals surface area contributed by atoms with Gasteiger partial charge in [0.1, 0.15) is 0 Å². The van der Waals surface area contributed by atoms with Gasteiger partial charge < -0.3 is 4.90 Å². The molecule has 3 heteroatoms. The molecule has 0 amide bonds. The molecule has 0 radical (unpaired) electrons. The fraction of sp³-hybridized carbons (Fsp3) is 1.00. The SMILES string of the molecule is CCN1CCCC(C(C)NN(C)C)C1. The number of hydrogen-bond donors (Lipinski definition) is 1. The molecule has 1 aliphatic rings. The molecular weight excluding hydrogens is 174 g/mol. The summed E-state index contributed by atoms with van der Waals surface area (Å²) in [5.74, 6) is 0.811. The van der Waals surface area contributed by atoms with Gasteiger partial charge in [-0.1, -0.05) is 6.92 Å². The molecule has 1 saturated heterocycles. The maximum Gasteiger partial charge on any atom is 0.0227 e. The molecule has 0 aliphatic carbocycles. The molecular formula is C11H25N3. The monoisotopic (exact) mass is 199 g/mol. The molecule has 0 aromatic carbocycles. The molecule has 0 bridgehead atoms. The minimum Gasteiger partial charge on any atom is -0.303 e. The number of hydrogen-bond acceptors (Lipinski definition) is 3. The first-order valence-electron chi connectivity index (χ1n) is 5.79. The average molecular weight is 199 g/mol. The third kappa shape index (κ3) is 3.56. The van der Waals surface area contributed by atoms with Crippen LogP contribution in [0.25, 0.3) is 0 Å². The van der Waals surface area contributed by atoms with Crippen molar-refractivity contribution in [3.05, 3.63) is 0 Å². The van der Waals surface area contributed by atoms with Crippen LogP contribution in [0.2, 0.25) is 0 Å². The van der Waals surface area contributed by atoms with Gasteiger partial charge in [0.25, 0.3) is 0 Å². The number of nitrogens with one attached hydrogen (secondary N) is 1. The molecule has 1 N–H and O–H groups in total. The summed E-state index contributed by atoms with van der Waals surface area (Å²) < 4.78 is 0. The van der Waals surface area contributed by atoms with Gasteiger partial charge in [0.05, 0.1) is 0 Å². The van der Waals surface area contributed by atoms with E-state index in [1.807, 2.05) is 0 Å². The highest BCUT2D eigenvalue weighted by Crippen LogP contribution is 2.19. The first kappa shape index (κ1) is 12.0. The maximum atomic E-state index is 3.46. The van der Waals surface area contributed by atoms with E-state index in [0.29, 0.717) is 6.04 Å². The van der Waals surface area contributed by atoms with Crippen LogP contribution in [0.15, 0.2) is 0 Å². The van der Waals surface area contributed by atoms with E-state index in [-0.39, 0.29) is 0 Å². The zero-order valence-electron chi connectivity index (χ0n) is 10.1.